The molecule has 0 saturated carbocycles. The highest BCUT2D eigenvalue weighted by molar-refractivity contribution is 6.12. The second-order valence-electron chi connectivity index (χ2n) is 8.86. The molecule has 0 fully saturated rings. The maximum Gasteiger partial charge on any atom is 0.277 e. The molecule has 3 aromatic rings. The summed E-state index contributed by atoms with van der Waals surface area (Å²) in [5.41, 5.74) is 3.62. The molecule has 0 aliphatic heterocycles. The topological polar surface area (TPSA) is 104 Å². The van der Waals surface area contributed by atoms with Crippen LogP contribution in [-0.2, 0) is 6.54 Å². The number of ether oxygens (including phenoxy) is 1. The number of rotatable bonds is 11. The predicted octanol–water partition coefficient (Wildman–Crippen LogP) is 6.21. The third kappa shape index (κ3) is 5.59. The largest absolute Gasteiger partial charge is 0.469 e. The number of benzene rings is 2. The minimum absolute atomic E-state index is 0.0497. The Morgan fingerprint density at radius 2 is 1.75 bits per heavy atom. The van der Waals surface area contributed by atoms with E-state index in [1.54, 1.807) is 35.9 Å². The Labute approximate surface area is 210 Å². The Bertz CT molecular complexity index is 1320. The molecule has 36 heavy (non-hydrogen) atoms. The number of ketones is 2. The molecular formula is C28H31N3O5. The Morgan fingerprint density at radius 1 is 1.06 bits per heavy atom. The Hall–Kier alpha value is -4.07. The van der Waals surface area contributed by atoms with Gasteiger partial charge in [-0.1, -0.05) is 49.2 Å². The molecule has 0 atom stereocenters. The van der Waals surface area contributed by atoms with Gasteiger partial charge in [0.1, 0.15) is 5.56 Å². The lowest BCUT2D eigenvalue weighted by atomic mass is 9.90. The first-order chi connectivity index (χ1) is 17.2. The highest BCUT2D eigenvalue weighted by atomic mass is 16.6. The van der Waals surface area contributed by atoms with Gasteiger partial charge in [-0.25, -0.2) is 4.68 Å². The van der Waals surface area contributed by atoms with E-state index < -0.39 is 4.92 Å². The van der Waals surface area contributed by atoms with Crippen molar-refractivity contribution in [1.29, 1.82) is 0 Å². The van der Waals surface area contributed by atoms with Crippen LogP contribution >= 0.6 is 0 Å². The molecule has 188 valence electrons. The molecule has 2 aromatic carbocycles. The van der Waals surface area contributed by atoms with Crippen molar-refractivity contribution in [3.05, 3.63) is 92.2 Å². The normalized spacial score (nSPS) is 10.7. The Balaban J connectivity index is 2.04. The number of hydrogen-bond acceptors (Lipinski definition) is 6. The molecule has 0 N–H and O–H groups in total. The van der Waals surface area contributed by atoms with Gasteiger partial charge in [0.2, 0.25) is 5.88 Å². The number of carbonyl (C=O) groups is 2. The van der Waals surface area contributed by atoms with Gasteiger partial charge in [0, 0.05) is 23.7 Å². The lowest BCUT2D eigenvalue weighted by molar-refractivity contribution is -0.385. The van der Waals surface area contributed by atoms with Gasteiger partial charge < -0.3 is 4.74 Å². The fourth-order valence-electron chi connectivity index (χ4n) is 3.95. The molecule has 0 aliphatic rings. The molecule has 0 unspecified atom stereocenters. The second kappa shape index (κ2) is 11.6. The fourth-order valence-corrected chi connectivity index (χ4v) is 3.95. The van der Waals surface area contributed by atoms with E-state index in [2.05, 4.69) is 5.10 Å². The van der Waals surface area contributed by atoms with Crippen LogP contribution in [0.15, 0.2) is 54.2 Å². The van der Waals surface area contributed by atoms with Crippen molar-refractivity contribution in [3.8, 4) is 5.88 Å². The third-order valence-electron chi connectivity index (χ3n) is 6.20. The van der Waals surface area contributed by atoms with Crippen molar-refractivity contribution in [3.63, 3.8) is 0 Å². The smallest absolute Gasteiger partial charge is 0.277 e. The van der Waals surface area contributed by atoms with E-state index in [0.717, 1.165) is 24.0 Å². The summed E-state index contributed by atoms with van der Waals surface area (Å²) in [5.74, 6) is -0.365. The van der Waals surface area contributed by atoms with Crippen LogP contribution in [0, 0.1) is 17.0 Å². The van der Waals surface area contributed by atoms with Crippen molar-refractivity contribution >= 4 is 22.8 Å². The van der Waals surface area contributed by atoms with Crippen LogP contribution in [0.3, 0.4) is 0 Å². The summed E-state index contributed by atoms with van der Waals surface area (Å²) in [4.78, 5) is 37.6. The average molecular weight is 490 g/mol. The highest BCUT2D eigenvalue weighted by Crippen LogP contribution is 2.34. The number of aromatic nitrogens is 2. The summed E-state index contributed by atoms with van der Waals surface area (Å²) in [6.45, 7) is 9.60. The first-order valence-electron chi connectivity index (χ1n) is 11.9. The molecule has 8 nitrogen and oxygen atoms in total. The Morgan fingerprint density at radius 3 is 2.36 bits per heavy atom. The van der Waals surface area contributed by atoms with Crippen LogP contribution in [0.25, 0.3) is 5.57 Å². The van der Waals surface area contributed by atoms with Crippen molar-refractivity contribution in [1.82, 2.24) is 9.78 Å². The first kappa shape index (κ1) is 26.5. The number of nitrogens with zero attached hydrogens (tertiary/aromatic N) is 3. The SMILES string of the molecule is CCCCn1ncc(C(=O)c2ccc([N+](=O)[O-])c(C(C)=C(C)C)c2C)c1OCC(=O)c1ccccc1. The van der Waals surface area contributed by atoms with Crippen molar-refractivity contribution < 1.29 is 19.2 Å². The number of aryl methyl sites for hydroxylation is 1. The van der Waals surface area contributed by atoms with Crippen LogP contribution in [-0.4, -0.2) is 32.9 Å². The van der Waals surface area contributed by atoms with E-state index in [1.165, 1.54) is 18.3 Å². The molecule has 0 saturated heterocycles. The molecule has 0 spiro atoms. The van der Waals surface area contributed by atoms with Crippen molar-refractivity contribution in [2.45, 2.75) is 54.0 Å². The van der Waals surface area contributed by atoms with Crippen LogP contribution in [0.4, 0.5) is 5.69 Å². The van der Waals surface area contributed by atoms with Gasteiger partial charge in [-0.05, 0) is 51.3 Å². The highest BCUT2D eigenvalue weighted by Gasteiger charge is 2.27. The number of carbonyl (C=O) groups excluding carboxylic acids is 2. The van der Waals surface area contributed by atoms with Gasteiger partial charge in [0.15, 0.2) is 18.2 Å². The summed E-state index contributed by atoms with van der Waals surface area (Å²) < 4.78 is 7.49. The first-order valence-corrected chi connectivity index (χ1v) is 11.9. The molecular weight excluding hydrogens is 458 g/mol. The molecule has 8 heteroatoms. The van der Waals surface area contributed by atoms with Crippen LogP contribution < -0.4 is 4.74 Å². The lowest BCUT2D eigenvalue weighted by Gasteiger charge is -2.14. The number of unbranched alkanes of at least 4 members (excludes halogenated alkanes) is 1. The zero-order valence-electron chi connectivity index (χ0n) is 21.3. The molecule has 0 amide bonds. The number of Topliss-reactive ketones (excluding diaryl/α,β-unsaturated/α-hetero) is 1. The fraction of sp³-hybridized carbons (Fsp3) is 0.321. The van der Waals surface area contributed by atoms with Gasteiger partial charge in [0.05, 0.1) is 16.7 Å². The van der Waals surface area contributed by atoms with Gasteiger partial charge in [-0.3, -0.25) is 19.7 Å². The number of nitro groups is 1. The van der Waals surface area contributed by atoms with Gasteiger partial charge in [0.25, 0.3) is 5.69 Å². The summed E-state index contributed by atoms with van der Waals surface area (Å²) in [5, 5.41) is 16.1. The second-order valence-corrected chi connectivity index (χ2v) is 8.86. The summed E-state index contributed by atoms with van der Waals surface area (Å²) in [6, 6.07) is 11.6. The lowest BCUT2D eigenvalue weighted by Crippen LogP contribution is -2.16. The van der Waals surface area contributed by atoms with Gasteiger partial charge in [-0.15, -0.1) is 0 Å². The molecule has 3 rings (SSSR count). The average Bonchev–Trinajstić information content (AvgIpc) is 3.27. The molecule has 0 radical (unpaired) electrons. The molecule has 0 aliphatic carbocycles. The molecule has 1 aromatic heterocycles. The zero-order chi connectivity index (χ0) is 26.4. The van der Waals surface area contributed by atoms with Crippen LogP contribution in [0.1, 0.15) is 77.9 Å². The number of hydrogen-bond donors (Lipinski definition) is 0. The van der Waals surface area contributed by atoms with E-state index in [0.29, 0.717) is 28.8 Å². The van der Waals surface area contributed by atoms with Crippen LogP contribution in [0.5, 0.6) is 5.88 Å². The zero-order valence-corrected chi connectivity index (χ0v) is 21.3. The quantitative estimate of drug-likeness (QED) is 0.180. The van der Waals surface area contributed by atoms with Crippen LogP contribution in [0.2, 0.25) is 0 Å². The number of nitro benzene ring substituents is 1. The standard InChI is InChI=1S/C28H31N3O5/c1-6-7-15-30-28(36-17-25(32)21-11-9-8-10-12-21)23(16-29-30)27(33)22-13-14-24(31(34)35)26(20(22)5)19(4)18(2)3/h8-14,16H,6-7,15,17H2,1-5H3. The summed E-state index contributed by atoms with van der Waals surface area (Å²) in [7, 11) is 0. The summed E-state index contributed by atoms with van der Waals surface area (Å²) in [6.07, 6.45) is 3.17. The summed E-state index contributed by atoms with van der Waals surface area (Å²) >= 11 is 0. The van der Waals surface area contributed by atoms with E-state index >= 15 is 0 Å². The maximum absolute atomic E-state index is 13.7. The predicted molar refractivity (Wildman–Crippen MR) is 139 cm³/mol. The van der Waals surface area contributed by atoms with Gasteiger partial charge >= 0.3 is 0 Å². The molecule has 1 heterocycles. The van der Waals surface area contributed by atoms with E-state index in [4.69, 9.17) is 4.74 Å². The van der Waals surface area contributed by atoms with E-state index in [9.17, 15) is 19.7 Å². The Kier molecular flexibility index (Phi) is 8.53. The maximum atomic E-state index is 13.7. The minimum atomic E-state index is -0.435. The van der Waals surface area contributed by atoms with Gasteiger partial charge in [-0.2, -0.15) is 5.10 Å². The van der Waals surface area contributed by atoms with Crippen molar-refractivity contribution in [2.24, 2.45) is 0 Å². The third-order valence-corrected chi connectivity index (χ3v) is 6.20. The minimum Gasteiger partial charge on any atom is -0.469 e. The number of allylic oxidation sites excluding steroid dienone is 2. The van der Waals surface area contributed by atoms with Crippen molar-refractivity contribution in [2.75, 3.05) is 6.61 Å². The van der Waals surface area contributed by atoms with E-state index in [1.807, 2.05) is 33.8 Å². The monoisotopic (exact) mass is 489 g/mol. The molecule has 0 bridgehead atoms. The van der Waals surface area contributed by atoms with E-state index in [-0.39, 0.29) is 35.3 Å².